The highest BCUT2D eigenvalue weighted by molar-refractivity contribution is 7.26. The van der Waals surface area contributed by atoms with Gasteiger partial charge in [-0.15, -0.1) is 11.3 Å². The molecule has 0 N–H and O–H groups in total. The quantitative estimate of drug-likeness (QED) is 0.177. The molecule has 4 heterocycles. The normalized spacial score (nSPS) is 12.0. The van der Waals surface area contributed by atoms with Crippen LogP contribution in [0.25, 0.3) is 92.2 Å². The maximum Gasteiger partial charge on any atom is 0.227 e. The minimum Gasteiger partial charge on any atom is -0.456 e. The van der Waals surface area contributed by atoms with Gasteiger partial charge in [0.1, 0.15) is 16.7 Å². The number of nitrogens with zero attached hydrogens (tertiary/aromatic N) is 3. The summed E-state index contributed by atoms with van der Waals surface area (Å²) >= 11 is 1.84. The smallest absolute Gasteiger partial charge is 0.227 e. The van der Waals surface area contributed by atoms with Crippen molar-refractivity contribution in [2.24, 2.45) is 0 Å². The average Bonchev–Trinajstić information content (AvgIpc) is 4.02. The standard InChI is InChI=1S/C49H29N3O2S/c1-3-13-30(14-4-1)49-50-47-43(54-49)28-27-42-46(47)36-29-32(25-26-41(36)53-42)52(40-23-11-19-34-33-17-8-10-24-44(33)55-48(34)40)39-22-12-21-38-45(39)35-18-7-9-20-37(35)51(38)31-15-5-2-6-16-31/h1-29H. The van der Waals surface area contributed by atoms with Crippen LogP contribution < -0.4 is 4.90 Å². The molecule has 4 aromatic heterocycles. The second kappa shape index (κ2) is 11.7. The minimum atomic E-state index is 0.591. The summed E-state index contributed by atoms with van der Waals surface area (Å²) in [6.07, 6.45) is 0. The molecule has 12 aromatic rings. The van der Waals surface area contributed by atoms with Gasteiger partial charge in [0.25, 0.3) is 0 Å². The van der Waals surface area contributed by atoms with E-state index in [4.69, 9.17) is 13.8 Å². The Morgan fingerprint density at radius 1 is 0.491 bits per heavy atom. The van der Waals surface area contributed by atoms with Crippen molar-refractivity contribution in [1.29, 1.82) is 0 Å². The first kappa shape index (κ1) is 30.3. The predicted octanol–water partition coefficient (Wildman–Crippen LogP) is 14.3. The fourth-order valence-electron chi connectivity index (χ4n) is 8.44. The zero-order valence-electron chi connectivity index (χ0n) is 29.3. The van der Waals surface area contributed by atoms with Crippen molar-refractivity contribution in [2.45, 2.75) is 0 Å². The first-order valence-electron chi connectivity index (χ1n) is 18.4. The molecule has 258 valence electrons. The average molecular weight is 724 g/mol. The molecular formula is C49H29N3O2S. The first-order chi connectivity index (χ1) is 27.3. The number of furan rings is 1. The number of aromatic nitrogens is 2. The molecule has 0 saturated carbocycles. The number of benzene rings is 8. The van der Waals surface area contributed by atoms with Crippen molar-refractivity contribution in [3.05, 3.63) is 176 Å². The first-order valence-corrected chi connectivity index (χ1v) is 19.2. The number of para-hydroxylation sites is 2. The Labute approximate surface area is 318 Å². The van der Waals surface area contributed by atoms with Gasteiger partial charge >= 0.3 is 0 Å². The molecular weight excluding hydrogens is 695 g/mol. The summed E-state index contributed by atoms with van der Waals surface area (Å²) in [5.74, 6) is 0.591. The van der Waals surface area contributed by atoms with Crippen molar-refractivity contribution >= 4 is 103 Å². The Morgan fingerprint density at radius 3 is 2.07 bits per heavy atom. The van der Waals surface area contributed by atoms with Gasteiger partial charge in [-0.2, -0.15) is 0 Å². The van der Waals surface area contributed by atoms with E-state index < -0.39 is 0 Å². The Kier molecular flexibility index (Phi) is 6.44. The number of hydrogen-bond donors (Lipinski definition) is 0. The van der Waals surface area contributed by atoms with Crippen molar-refractivity contribution in [3.63, 3.8) is 0 Å². The lowest BCUT2D eigenvalue weighted by Crippen LogP contribution is -2.10. The molecule has 0 bridgehead atoms. The van der Waals surface area contributed by atoms with Crippen LogP contribution in [0.5, 0.6) is 0 Å². The summed E-state index contributed by atoms with van der Waals surface area (Å²) in [6, 6.07) is 62.0. The molecule has 0 saturated heterocycles. The molecule has 12 rings (SSSR count). The van der Waals surface area contributed by atoms with Gasteiger partial charge in [-0.25, -0.2) is 4.98 Å². The van der Waals surface area contributed by atoms with Gasteiger partial charge < -0.3 is 18.3 Å². The molecule has 0 atom stereocenters. The molecule has 0 unspecified atom stereocenters. The maximum absolute atomic E-state index is 6.51. The molecule has 55 heavy (non-hydrogen) atoms. The molecule has 0 aliphatic heterocycles. The van der Waals surface area contributed by atoms with Crippen LogP contribution in [0.2, 0.25) is 0 Å². The third-order valence-electron chi connectivity index (χ3n) is 10.8. The number of thiophene rings is 1. The topological polar surface area (TPSA) is 47.3 Å². The SMILES string of the molecule is c1ccc(-c2nc3c(ccc4oc5ccc(N(c6cccc7c6sc6ccccc67)c6cccc7c6c6ccccc6n7-c6ccccc6)cc5c43)o2)cc1. The summed E-state index contributed by atoms with van der Waals surface area (Å²) < 4.78 is 17.7. The van der Waals surface area contributed by atoms with Crippen LogP contribution >= 0.6 is 11.3 Å². The van der Waals surface area contributed by atoms with Gasteiger partial charge in [0, 0.05) is 48.6 Å². The van der Waals surface area contributed by atoms with E-state index >= 15 is 0 Å². The summed E-state index contributed by atoms with van der Waals surface area (Å²) in [5.41, 5.74) is 10.7. The predicted molar refractivity (Wildman–Crippen MR) is 229 cm³/mol. The van der Waals surface area contributed by atoms with Crippen molar-refractivity contribution in [3.8, 4) is 17.1 Å². The summed E-state index contributed by atoms with van der Waals surface area (Å²) in [4.78, 5) is 7.50. The molecule has 8 aromatic carbocycles. The second-order valence-electron chi connectivity index (χ2n) is 13.9. The van der Waals surface area contributed by atoms with Crippen LogP contribution in [0.15, 0.2) is 185 Å². The van der Waals surface area contributed by atoms with Gasteiger partial charge in [-0.1, -0.05) is 91.0 Å². The van der Waals surface area contributed by atoms with Crippen molar-refractivity contribution < 1.29 is 8.83 Å². The van der Waals surface area contributed by atoms with E-state index in [1.807, 2.05) is 53.8 Å². The molecule has 6 heteroatoms. The van der Waals surface area contributed by atoms with Gasteiger partial charge in [0.05, 0.1) is 32.5 Å². The van der Waals surface area contributed by atoms with Crippen molar-refractivity contribution in [1.82, 2.24) is 9.55 Å². The maximum atomic E-state index is 6.51. The van der Waals surface area contributed by atoms with E-state index in [-0.39, 0.29) is 0 Å². The number of rotatable bonds is 5. The number of anilines is 3. The van der Waals surface area contributed by atoms with Gasteiger partial charge in [0.15, 0.2) is 5.58 Å². The van der Waals surface area contributed by atoms with E-state index in [1.165, 1.54) is 30.9 Å². The van der Waals surface area contributed by atoms with Gasteiger partial charge in [0.2, 0.25) is 5.89 Å². The van der Waals surface area contributed by atoms with E-state index in [2.05, 4.69) is 143 Å². The van der Waals surface area contributed by atoms with Gasteiger partial charge in [-0.3, -0.25) is 0 Å². The van der Waals surface area contributed by atoms with E-state index in [1.54, 1.807) is 0 Å². The summed E-state index contributed by atoms with van der Waals surface area (Å²) in [5, 5.41) is 6.82. The Bertz CT molecular complexity index is 3450. The lowest BCUT2D eigenvalue weighted by Gasteiger charge is -2.27. The fourth-order valence-corrected chi connectivity index (χ4v) is 9.65. The van der Waals surface area contributed by atoms with E-state index in [0.29, 0.717) is 5.89 Å². The third kappa shape index (κ3) is 4.49. The van der Waals surface area contributed by atoms with Crippen LogP contribution in [0.4, 0.5) is 17.1 Å². The molecule has 0 aliphatic rings. The Morgan fingerprint density at radius 2 is 1.18 bits per heavy atom. The summed E-state index contributed by atoms with van der Waals surface area (Å²) in [6.45, 7) is 0. The second-order valence-corrected chi connectivity index (χ2v) is 15.0. The lowest BCUT2D eigenvalue weighted by atomic mass is 10.1. The highest BCUT2D eigenvalue weighted by atomic mass is 32.1. The zero-order valence-corrected chi connectivity index (χ0v) is 30.1. The largest absolute Gasteiger partial charge is 0.456 e. The zero-order chi connectivity index (χ0) is 36.0. The highest BCUT2D eigenvalue weighted by Crippen LogP contribution is 2.49. The van der Waals surface area contributed by atoms with Gasteiger partial charge in [-0.05, 0) is 84.9 Å². The van der Waals surface area contributed by atoms with Crippen LogP contribution in [0, 0.1) is 0 Å². The summed E-state index contributed by atoms with van der Waals surface area (Å²) in [7, 11) is 0. The Balaban J connectivity index is 1.17. The number of oxazole rings is 1. The van der Waals surface area contributed by atoms with Crippen LogP contribution in [-0.2, 0) is 0 Å². The monoisotopic (exact) mass is 723 g/mol. The molecule has 0 amide bonds. The third-order valence-corrected chi connectivity index (χ3v) is 12.0. The minimum absolute atomic E-state index is 0.591. The molecule has 0 radical (unpaired) electrons. The molecule has 0 fully saturated rings. The van der Waals surface area contributed by atoms with Crippen LogP contribution in [0.3, 0.4) is 0 Å². The van der Waals surface area contributed by atoms with Crippen LogP contribution in [0.1, 0.15) is 0 Å². The number of fused-ring (bicyclic) bond motifs is 11. The lowest BCUT2D eigenvalue weighted by molar-refractivity contribution is 0.619. The van der Waals surface area contributed by atoms with Crippen molar-refractivity contribution in [2.75, 3.05) is 4.90 Å². The number of hydrogen-bond acceptors (Lipinski definition) is 5. The van der Waals surface area contributed by atoms with E-state index in [9.17, 15) is 0 Å². The molecule has 0 aliphatic carbocycles. The molecule has 0 spiro atoms. The Hall–Kier alpha value is -7.15. The fraction of sp³-hybridized carbons (Fsp3) is 0. The van der Waals surface area contributed by atoms with Crippen LogP contribution in [-0.4, -0.2) is 9.55 Å². The molecule has 5 nitrogen and oxygen atoms in total. The highest BCUT2D eigenvalue weighted by Gasteiger charge is 2.25. The van der Waals surface area contributed by atoms with E-state index in [0.717, 1.165) is 72.4 Å².